The molecule has 1 aromatic heterocycles. The summed E-state index contributed by atoms with van der Waals surface area (Å²) in [5.41, 5.74) is 0. The Hall–Kier alpha value is -1.43. The molecule has 6 heteroatoms. The number of hydrogen-bond acceptors (Lipinski definition) is 5. The maximum Gasteiger partial charge on any atom is 0.224 e. The number of nitrogens with zero attached hydrogens (tertiary/aromatic N) is 3. The Morgan fingerprint density at radius 2 is 2.21 bits per heavy atom. The molecule has 5 nitrogen and oxygen atoms in total. The average Bonchev–Trinajstić information content (AvgIpc) is 2.37. The van der Waals surface area contributed by atoms with E-state index in [2.05, 4.69) is 29.1 Å². The predicted octanol–water partition coefficient (Wildman–Crippen LogP) is 2.16. The second-order valence-corrected chi connectivity index (χ2v) is 4.73. The van der Waals surface area contributed by atoms with Crippen LogP contribution in [0.25, 0.3) is 0 Å². The van der Waals surface area contributed by atoms with E-state index in [-0.39, 0.29) is 0 Å². The maximum atomic E-state index is 13.9. The molecule has 0 bridgehead atoms. The SMILES string of the molecule is CCNc1ncc(F)c(N(CCOC)CC(C)C)n1. The molecule has 19 heavy (non-hydrogen) atoms. The summed E-state index contributed by atoms with van der Waals surface area (Å²) in [7, 11) is 1.63. The van der Waals surface area contributed by atoms with Gasteiger partial charge in [0.25, 0.3) is 0 Å². The third-order valence-electron chi connectivity index (χ3n) is 2.51. The Morgan fingerprint density at radius 1 is 1.47 bits per heavy atom. The summed E-state index contributed by atoms with van der Waals surface area (Å²) >= 11 is 0. The molecule has 0 saturated heterocycles. The van der Waals surface area contributed by atoms with Gasteiger partial charge < -0.3 is 15.0 Å². The summed E-state index contributed by atoms with van der Waals surface area (Å²) in [5, 5.41) is 2.99. The first-order valence-corrected chi connectivity index (χ1v) is 6.58. The van der Waals surface area contributed by atoms with Crippen molar-refractivity contribution < 1.29 is 9.13 Å². The number of hydrogen-bond donors (Lipinski definition) is 1. The fourth-order valence-electron chi connectivity index (χ4n) is 1.75. The van der Waals surface area contributed by atoms with Crippen LogP contribution >= 0.6 is 0 Å². The molecule has 0 aromatic carbocycles. The van der Waals surface area contributed by atoms with E-state index in [9.17, 15) is 4.39 Å². The van der Waals surface area contributed by atoms with Crippen molar-refractivity contribution in [3.05, 3.63) is 12.0 Å². The summed E-state index contributed by atoms with van der Waals surface area (Å²) in [5.74, 6) is 0.786. The quantitative estimate of drug-likeness (QED) is 0.784. The lowest BCUT2D eigenvalue weighted by Crippen LogP contribution is -2.32. The maximum absolute atomic E-state index is 13.9. The number of nitrogens with one attached hydrogen (secondary N) is 1. The van der Waals surface area contributed by atoms with Gasteiger partial charge in [0.2, 0.25) is 5.95 Å². The van der Waals surface area contributed by atoms with Crippen LogP contribution in [0.15, 0.2) is 6.20 Å². The predicted molar refractivity (Wildman–Crippen MR) is 75.1 cm³/mol. The molecule has 0 unspecified atom stereocenters. The monoisotopic (exact) mass is 270 g/mol. The van der Waals surface area contributed by atoms with Crippen molar-refractivity contribution in [1.29, 1.82) is 0 Å². The Labute approximate surface area is 114 Å². The summed E-state index contributed by atoms with van der Waals surface area (Å²) in [4.78, 5) is 10.1. The normalized spacial score (nSPS) is 10.8. The molecule has 0 aliphatic carbocycles. The smallest absolute Gasteiger partial charge is 0.224 e. The summed E-state index contributed by atoms with van der Waals surface area (Å²) < 4.78 is 19.0. The number of ether oxygens (including phenoxy) is 1. The molecule has 0 radical (unpaired) electrons. The fraction of sp³-hybridized carbons (Fsp3) is 0.692. The lowest BCUT2D eigenvalue weighted by molar-refractivity contribution is 0.204. The molecule has 1 N–H and O–H groups in total. The van der Waals surface area contributed by atoms with Crippen LogP contribution < -0.4 is 10.2 Å². The number of anilines is 2. The van der Waals surface area contributed by atoms with Crippen LogP contribution in [0.5, 0.6) is 0 Å². The molecule has 0 aliphatic rings. The zero-order chi connectivity index (χ0) is 14.3. The van der Waals surface area contributed by atoms with Crippen molar-refractivity contribution in [3.8, 4) is 0 Å². The van der Waals surface area contributed by atoms with Gasteiger partial charge in [-0.1, -0.05) is 13.8 Å². The van der Waals surface area contributed by atoms with Crippen molar-refractivity contribution in [3.63, 3.8) is 0 Å². The van der Waals surface area contributed by atoms with E-state index in [0.29, 0.717) is 37.4 Å². The third kappa shape index (κ3) is 4.98. The molecule has 1 rings (SSSR count). The van der Waals surface area contributed by atoms with E-state index >= 15 is 0 Å². The molecule has 0 aliphatic heterocycles. The Morgan fingerprint density at radius 3 is 2.79 bits per heavy atom. The lowest BCUT2D eigenvalue weighted by atomic mass is 10.2. The van der Waals surface area contributed by atoms with Crippen molar-refractivity contribution in [2.75, 3.05) is 43.6 Å². The second-order valence-electron chi connectivity index (χ2n) is 4.73. The number of aromatic nitrogens is 2. The van der Waals surface area contributed by atoms with Gasteiger partial charge in [-0.15, -0.1) is 0 Å². The fourth-order valence-corrected chi connectivity index (χ4v) is 1.75. The minimum atomic E-state index is -0.404. The largest absolute Gasteiger partial charge is 0.383 e. The highest BCUT2D eigenvalue weighted by molar-refractivity contribution is 5.44. The summed E-state index contributed by atoms with van der Waals surface area (Å²) in [6.45, 7) is 8.69. The van der Waals surface area contributed by atoms with Gasteiger partial charge in [-0.25, -0.2) is 9.37 Å². The van der Waals surface area contributed by atoms with Crippen LogP contribution in [0.1, 0.15) is 20.8 Å². The number of halogens is 1. The van der Waals surface area contributed by atoms with E-state index in [1.807, 2.05) is 11.8 Å². The highest BCUT2D eigenvalue weighted by Crippen LogP contribution is 2.18. The second kappa shape index (κ2) is 7.89. The number of rotatable bonds is 8. The molecule has 0 atom stereocenters. The minimum absolute atomic E-state index is 0.330. The first kappa shape index (κ1) is 15.6. The van der Waals surface area contributed by atoms with E-state index in [4.69, 9.17) is 4.74 Å². The molecular weight excluding hydrogens is 247 g/mol. The van der Waals surface area contributed by atoms with Crippen LogP contribution in [0.4, 0.5) is 16.2 Å². The summed E-state index contributed by atoms with van der Waals surface area (Å²) in [6.07, 6.45) is 1.21. The zero-order valence-electron chi connectivity index (χ0n) is 12.1. The zero-order valence-corrected chi connectivity index (χ0v) is 12.1. The standard InChI is InChI=1S/C13H23FN4O/c1-5-15-13-16-8-11(14)12(17-13)18(6-7-19-4)9-10(2)3/h8,10H,5-7,9H2,1-4H3,(H,15,16,17). The van der Waals surface area contributed by atoms with Gasteiger partial charge in [0, 0.05) is 26.7 Å². The van der Waals surface area contributed by atoms with Gasteiger partial charge >= 0.3 is 0 Å². The first-order valence-electron chi connectivity index (χ1n) is 6.58. The van der Waals surface area contributed by atoms with Gasteiger partial charge in [0.1, 0.15) is 0 Å². The van der Waals surface area contributed by atoms with Gasteiger partial charge in [-0.05, 0) is 12.8 Å². The highest BCUT2D eigenvalue weighted by atomic mass is 19.1. The van der Waals surface area contributed by atoms with E-state index < -0.39 is 5.82 Å². The molecule has 1 heterocycles. The third-order valence-corrected chi connectivity index (χ3v) is 2.51. The van der Waals surface area contributed by atoms with Crippen LogP contribution in [0, 0.1) is 11.7 Å². The van der Waals surface area contributed by atoms with Crippen molar-refractivity contribution >= 4 is 11.8 Å². The topological polar surface area (TPSA) is 50.3 Å². The van der Waals surface area contributed by atoms with Crippen LogP contribution in [0.3, 0.4) is 0 Å². The molecule has 0 spiro atoms. The molecule has 1 aromatic rings. The highest BCUT2D eigenvalue weighted by Gasteiger charge is 2.16. The average molecular weight is 270 g/mol. The number of methoxy groups -OCH3 is 1. The Kier molecular flexibility index (Phi) is 6.49. The van der Waals surface area contributed by atoms with Crippen LogP contribution in [0.2, 0.25) is 0 Å². The Balaban J connectivity index is 2.94. The van der Waals surface area contributed by atoms with Crippen molar-refractivity contribution in [2.24, 2.45) is 5.92 Å². The van der Waals surface area contributed by atoms with E-state index in [1.54, 1.807) is 7.11 Å². The molecule has 0 amide bonds. The van der Waals surface area contributed by atoms with Gasteiger partial charge in [-0.2, -0.15) is 4.98 Å². The first-order chi connectivity index (χ1) is 9.08. The van der Waals surface area contributed by atoms with E-state index in [0.717, 1.165) is 6.54 Å². The van der Waals surface area contributed by atoms with E-state index in [1.165, 1.54) is 6.20 Å². The van der Waals surface area contributed by atoms with Gasteiger partial charge in [-0.3, -0.25) is 0 Å². The van der Waals surface area contributed by atoms with Gasteiger partial charge in [0.15, 0.2) is 11.6 Å². The van der Waals surface area contributed by atoms with Crippen LogP contribution in [-0.4, -0.2) is 43.3 Å². The minimum Gasteiger partial charge on any atom is -0.383 e. The van der Waals surface area contributed by atoms with Gasteiger partial charge in [0.05, 0.1) is 12.8 Å². The molecule has 108 valence electrons. The van der Waals surface area contributed by atoms with Crippen molar-refractivity contribution in [2.45, 2.75) is 20.8 Å². The summed E-state index contributed by atoms with van der Waals surface area (Å²) in [6, 6.07) is 0. The Bertz CT molecular complexity index is 387. The van der Waals surface area contributed by atoms with Crippen LogP contribution in [-0.2, 0) is 4.74 Å². The molecule has 0 saturated carbocycles. The lowest BCUT2D eigenvalue weighted by Gasteiger charge is -2.25. The molecule has 0 fully saturated rings. The molecular formula is C13H23FN4O. The van der Waals surface area contributed by atoms with Crippen molar-refractivity contribution in [1.82, 2.24) is 9.97 Å².